The zero-order valence-electron chi connectivity index (χ0n) is 18.0. The molecule has 0 unspecified atom stereocenters. The zero-order valence-corrected chi connectivity index (χ0v) is 19.7. The van der Waals surface area contributed by atoms with Gasteiger partial charge in [0, 0.05) is 10.6 Å². The number of ether oxygens (including phenoxy) is 2. The van der Waals surface area contributed by atoms with Crippen LogP contribution >= 0.6 is 23.5 Å². The molecule has 2 aromatic rings. The minimum Gasteiger partial charge on any atom is -0.490 e. The Morgan fingerprint density at radius 1 is 1.09 bits per heavy atom. The fraction of sp³-hybridized carbons (Fsp3) is 0.261. The van der Waals surface area contributed by atoms with Crippen molar-refractivity contribution in [3.63, 3.8) is 0 Å². The second kappa shape index (κ2) is 11.1. The Hall–Kier alpha value is -2.91. The van der Waals surface area contributed by atoms with Crippen LogP contribution in [-0.4, -0.2) is 48.0 Å². The quantitative estimate of drug-likeness (QED) is 0.411. The number of hydrogen-bond acceptors (Lipinski definition) is 7. The average molecular weight is 473 g/mol. The van der Waals surface area contributed by atoms with Crippen molar-refractivity contribution < 1.29 is 23.9 Å². The second-order valence-electron chi connectivity index (χ2n) is 6.62. The maximum atomic E-state index is 12.8. The largest absolute Gasteiger partial charge is 0.490 e. The van der Waals surface area contributed by atoms with E-state index in [-0.39, 0.29) is 11.4 Å². The van der Waals surface area contributed by atoms with Crippen molar-refractivity contribution in [3.8, 4) is 11.5 Å². The molecule has 0 bridgehead atoms. The Labute approximate surface area is 195 Å². The summed E-state index contributed by atoms with van der Waals surface area (Å²) < 4.78 is 11.2. The van der Waals surface area contributed by atoms with Crippen molar-refractivity contribution in [3.05, 3.63) is 52.9 Å². The number of carbonyl (C=O) groups excluding carboxylic acids is 3. The van der Waals surface area contributed by atoms with Crippen LogP contribution in [0.4, 0.5) is 10.5 Å². The van der Waals surface area contributed by atoms with E-state index in [1.54, 1.807) is 42.1 Å². The number of imide groups is 1. The van der Waals surface area contributed by atoms with Crippen molar-refractivity contribution in [1.29, 1.82) is 0 Å². The lowest BCUT2D eigenvalue weighted by Gasteiger charge is -2.13. The Balaban J connectivity index is 1.71. The normalized spacial score (nSPS) is 14.7. The fourth-order valence-electron chi connectivity index (χ4n) is 2.99. The van der Waals surface area contributed by atoms with Crippen LogP contribution in [0.5, 0.6) is 11.5 Å². The molecule has 9 heteroatoms. The lowest BCUT2D eigenvalue weighted by atomic mass is 10.2. The van der Waals surface area contributed by atoms with Gasteiger partial charge in [-0.3, -0.25) is 19.3 Å². The van der Waals surface area contributed by atoms with Crippen LogP contribution in [0.1, 0.15) is 19.4 Å². The van der Waals surface area contributed by atoms with Gasteiger partial charge in [0.15, 0.2) is 11.5 Å². The maximum absolute atomic E-state index is 12.8. The molecule has 3 rings (SSSR count). The number of anilines is 1. The lowest BCUT2D eigenvalue weighted by molar-refractivity contribution is -0.127. The molecule has 0 aliphatic carbocycles. The number of hydrogen-bond donors (Lipinski definition) is 1. The van der Waals surface area contributed by atoms with E-state index in [4.69, 9.17) is 9.47 Å². The number of amides is 3. The molecule has 0 atom stereocenters. The maximum Gasteiger partial charge on any atom is 0.294 e. The molecule has 1 saturated heterocycles. The molecule has 0 spiro atoms. The Kier molecular flexibility index (Phi) is 8.24. The number of carbonyl (C=O) groups is 3. The van der Waals surface area contributed by atoms with E-state index in [2.05, 4.69) is 5.32 Å². The van der Waals surface area contributed by atoms with Gasteiger partial charge in [-0.25, -0.2) is 0 Å². The number of benzene rings is 2. The molecule has 1 aliphatic heterocycles. The summed E-state index contributed by atoms with van der Waals surface area (Å²) in [5.74, 6) is 0.238. The average Bonchev–Trinajstić information content (AvgIpc) is 3.03. The smallest absolute Gasteiger partial charge is 0.294 e. The predicted molar refractivity (Wildman–Crippen MR) is 128 cm³/mol. The molecule has 1 aliphatic rings. The summed E-state index contributed by atoms with van der Waals surface area (Å²) in [7, 11) is 0. The molecule has 1 heterocycles. The van der Waals surface area contributed by atoms with E-state index in [1.165, 1.54) is 0 Å². The highest BCUT2D eigenvalue weighted by Crippen LogP contribution is 2.34. The van der Waals surface area contributed by atoms with Crippen molar-refractivity contribution in [2.45, 2.75) is 18.7 Å². The summed E-state index contributed by atoms with van der Waals surface area (Å²) >= 11 is 2.36. The molecule has 3 amide bonds. The molecule has 2 aromatic carbocycles. The Bertz CT molecular complexity index is 1050. The van der Waals surface area contributed by atoms with Crippen LogP contribution in [-0.2, 0) is 9.59 Å². The van der Waals surface area contributed by atoms with Crippen molar-refractivity contribution in [2.75, 3.05) is 31.3 Å². The third-order valence-corrected chi connectivity index (χ3v) is 6.03. The molecule has 0 saturated carbocycles. The van der Waals surface area contributed by atoms with Gasteiger partial charge in [-0.15, -0.1) is 11.8 Å². The number of rotatable bonds is 9. The number of nitrogens with one attached hydrogen (secondary N) is 1. The molecule has 0 aromatic heterocycles. The van der Waals surface area contributed by atoms with E-state index in [9.17, 15) is 14.4 Å². The highest BCUT2D eigenvalue weighted by atomic mass is 32.2. The van der Waals surface area contributed by atoms with Crippen LogP contribution in [0.25, 0.3) is 6.08 Å². The van der Waals surface area contributed by atoms with Gasteiger partial charge in [0.1, 0.15) is 6.54 Å². The van der Waals surface area contributed by atoms with Gasteiger partial charge < -0.3 is 14.8 Å². The van der Waals surface area contributed by atoms with E-state index in [1.807, 2.05) is 38.3 Å². The minimum atomic E-state index is -0.500. The SMILES string of the molecule is CCOc1ccc(/C=C2/SC(=O)N(CC(=O)Nc3cccc(SC)c3)C2=O)cc1OCC. The lowest BCUT2D eigenvalue weighted by Crippen LogP contribution is -2.36. The predicted octanol–water partition coefficient (Wildman–Crippen LogP) is 4.88. The first-order chi connectivity index (χ1) is 15.4. The van der Waals surface area contributed by atoms with Crippen molar-refractivity contribution >= 4 is 52.3 Å². The third kappa shape index (κ3) is 5.86. The summed E-state index contributed by atoms with van der Waals surface area (Å²) in [6, 6.07) is 12.7. The molecule has 32 heavy (non-hydrogen) atoms. The third-order valence-electron chi connectivity index (χ3n) is 4.39. The molecular weight excluding hydrogens is 448 g/mol. The van der Waals surface area contributed by atoms with Gasteiger partial charge in [-0.1, -0.05) is 12.1 Å². The number of thioether (sulfide) groups is 2. The van der Waals surface area contributed by atoms with Crippen LogP contribution in [0, 0.1) is 0 Å². The van der Waals surface area contributed by atoms with Gasteiger partial charge in [-0.05, 0) is 73.8 Å². The van der Waals surface area contributed by atoms with Gasteiger partial charge in [0.05, 0.1) is 18.1 Å². The van der Waals surface area contributed by atoms with Gasteiger partial charge in [0.25, 0.3) is 11.1 Å². The number of nitrogens with zero attached hydrogens (tertiary/aromatic N) is 1. The fourth-order valence-corrected chi connectivity index (χ4v) is 4.29. The van der Waals surface area contributed by atoms with E-state index in [0.717, 1.165) is 21.6 Å². The summed E-state index contributed by atoms with van der Waals surface area (Å²) in [5, 5.41) is 2.25. The summed E-state index contributed by atoms with van der Waals surface area (Å²) in [4.78, 5) is 39.8. The Morgan fingerprint density at radius 3 is 2.56 bits per heavy atom. The molecular formula is C23H24N2O5S2. The van der Waals surface area contributed by atoms with Gasteiger partial charge in [-0.2, -0.15) is 0 Å². The zero-order chi connectivity index (χ0) is 23.1. The minimum absolute atomic E-state index is 0.249. The Morgan fingerprint density at radius 2 is 1.84 bits per heavy atom. The summed E-state index contributed by atoms with van der Waals surface area (Å²) in [6.45, 7) is 4.38. The molecule has 168 valence electrons. The van der Waals surface area contributed by atoms with E-state index in [0.29, 0.717) is 36.0 Å². The molecule has 0 radical (unpaired) electrons. The molecule has 7 nitrogen and oxygen atoms in total. The van der Waals surface area contributed by atoms with Gasteiger partial charge in [0.2, 0.25) is 5.91 Å². The topological polar surface area (TPSA) is 84.9 Å². The van der Waals surface area contributed by atoms with E-state index >= 15 is 0 Å². The van der Waals surface area contributed by atoms with Crippen LogP contribution < -0.4 is 14.8 Å². The van der Waals surface area contributed by atoms with Crippen LogP contribution in [0.15, 0.2) is 52.3 Å². The van der Waals surface area contributed by atoms with Crippen LogP contribution in [0.3, 0.4) is 0 Å². The summed E-state index contributed by atoms with van der Waals surface area (Å²) in [6.07, 6.45) is 3.55. The highest BCUT2D eigenvalue weighted by Gasteiger charge is 2.36. The van der Waals surface area contributed by atoms with Crippen molar-refractivity contribution in [2.24, 2.45) is 0 Å². The first-order valence-electron chi connectivity index (χ1n) is 10.0. The highest BCUT2D eigenvalue weighted by molar-refractivity contribution is 8.18. The van der Waals surface area contributed by atoms with Crippen LogP contribution in [0.2, 0.25) is 0 Å². The first kappa shape index (κ1) is 23.7. The summed E-state index contributed by atoms with van der Waals surface area (Å²) in [5.41, 5.74) is 1.31. The molecule has 1 fully saturated rings. The first-order valence-corrected chi connectivity index (χ1v) is 12.1. The van der Waals surface area contributed by atoms with E-state index < -0.39 is 17.1 Å². The van der Waals surface area contributed by atoms with Gasteiger partial charge >= 0.3 is 0 Å². The molecule has 1 N–H and O–H groups in total. The standard InChI is InChI=1S/C23H24N2O5S2/c1-4-29-18-10-9-15(11-19(18)30-5-2)12-20-22(27)25(23(28)32-20)14-21(26)24-16-7-6-8-17(13-16)31-3/h6-13H,4-5,14H2,1-3H3,(H,24,26)/b20-12+. The van der Waals surface area contributed by atoms with Crippen molar-refractivity contribution in [1.82, 2.24) is 4.90 Å². The monoisotopic (exact) mass is 472 g/mol. The second-order valence-corrected chi connectivity index (χ2v) is 8.49.